The van der Waals surface area contributed by atoms with E-state index < -0.39 is 0 Å². The molecule has 1 saturated heterocycles. The van der Waals surface area contributed by atoms with Crippen LogP contribution in [0.1, 0.15) is 420 Å². The van der Waals surface area contributed by atoms with Gasteiger partial charge in [-0.15, -0.1) is 0 Å². The molecule has 1 rings (SSSR count). The van der Waals surface area contributed by atoms with E-state index in [1.54, 1.807) is 0 Å². The number of hydrogen-bond acceptors (Lipinski definition) is 5. The van der Waals surface area contributed by atoms with Crippen LogP contribution in [-0.4, -0.2) is 123 Å². The van der Waals surface area contributed by atoms with E-state index in [1.165, 1.54) is 451 Å². The maximum Gasteiger partial charge on any atom is 0.0110 e. The highest BCUT2D eigenvalue weighted by Gasteiger charge is 2.19. The van der Waals surface area contributed by atoms with E-state index in [1.807, 2.05) is 0 Å². The van der Waals surface area contributed by atoms with Crippen molar-refractivity contribution in [3.8, 4) is 0 Å². The summed E-state index contributed by atoms with van der Waals surface area (Å²) in [6.07, 6.45) is 128. The Bertz CT molecular complexity index is 1880. The molecule has 0 aromatic heterocycles. The van der Waals surface area contributed by atoms with E-state index in [-0.39, 0.29) is 0 Å². The Labute approximate surface area is 660 Å². The number of allylic oxidation sites excluding steroid dienone is 20. The molecule has 105 heavy (non-hydrogen) atoms. The standard InChI is InChI=1S/C100H185N5/c1-6-11-16-21-26-31-36-41-46-51-56-61-66-71-76-81-86-101(87-82-77-72-67-62-57-52-47-42-37-32-27-22-17-12-7-2)91-93-103(90-85-80-75-70-65-60-55-50-45-40-35-30-25-20-15-10-5)94-96-105-99-97-104(98-100-105)95-92-102(88-83-78-73-68-63-58-53-48-43-38-33-28-23-18-13-8-3)89-84-79-74-69-64-59-54-49-44-39-34-29-24-19-14-9-4/h26-35,41-50H,6-25,36-40,51-100H2,1-5H3/b31-26-,32-27-,33-28-,34-29-,35-30-,46-41-,47-42-,48-43-,49-44-,50-45-. The summed E-state index contributed by atoms with van der Waals surface area (Å²) >= 11 is 0. The Balaban J connectivity index is 2.91. The van der Waals surface area contributed by atoms with Crippen molar-refractivity contribution in [1.82, 2.24) is 24.5 Å². The molecule has 0 amide bonds. The summed E-state index contributed by atoms with van der Waals surface area (Å²) < 4.78 is 0. The molecule has 5 nitrogen and oxygen atoms in total. The second-order valence-electron chi connectivity index (χ2n) is 32.1. The van der Waals surface area contributed by atoms with E-state index >= 15 is 0 Å². The van der Waals surface area contributed by atoms with Gasteiger partial charge in [0.1, 0.15) is 0 Å². The molecule has 1 fully saturated rings. The van der Waals surface area contributed by atoms with Gasteiger partial charge in [-0.25, -0.2) is 0 Å². The van der Waals surface area contributed by atoms with Crippen LogP contribution in [-0.2, 0) is 0 Å². The lowest BCUT2D eigenvalue weighted by atomic mass is 10.1. The van der Waals surface area contributed by atoms with Gasteiger partial charge in [0, 0.05) is 65.4 Å². The molecule has 0 saturated carbocycles. The average molecular weight is 1460 g/mol. The second-order valence-corrected chi connectivity index (χ2v) is 32.1. The van der Waals surface area contributed by atoms with Crippen LogP contribution in [0.2, 0.25) is 0 Å². The molecule has 0 radical (unpaired) electrons. The zero-order valence-corrected chi connectivity index (χ0v) is 71.8. The van der Waals surface area contributed by atoms with E-state index in [9.17, 15) is 0 Å². The summed E-state index contributed by atoms with van der Waals surface area (Å²) in [6, 6.07) is 0. The third kappa shape index (κ3) is 79.1. The maximum absolute atomic E-state index is 2.93. The van der Waals surface area contributed by atoms with Gasteiger partial charge >= 0.3 is 0 Å². The highest BCUT2D eigenvalue weighted by atomic mass is 15.3. The third-order valence-electron chi connectivity index (χ3n) is 22.0. The molecular formula is C100H185N5. The SMILES string of the molecule is CCCCC/C=C\C/C=C\CCCCCCCCN(CCCCCCCC/C=C\C/C=C\CCCCC)CCN(CCCCCCCC/C=C\C/C=C\CCCCC)CCN1CCN(CCN(CCCCCCCC/C=C\C/C=C\CCCCC)CCCCCCCC/C=C\C/C=C\CCCCC)CC1. The minimum Gasteiger partial charge on any atom is -0.302 e. The minimum atomic E-state index is 1.11. The average Bonchev–Trinajstić information content (AvgIpc) is 0.959. The van der Waals surface area contributed by atoms with E-state index in [0.717, 1.165) is 32.1 Å². The fraction of sp³-hybridized carbons (Fsp3) is 0.800. The van der Waals surface area contributed by atoms with Gasteiger partial charge in [0.2, 0.25) is 0 Å². The van der Waals surface area contributed by atoms with Crippen molar-refractivity contribution >= 4 is 0 Å². The quantitative estimate of drug-likeness (QED) is 0.0444. The number of unbranched alkanes of at least 4 members (excludes halogenated alkanes) is 45. The van der Waals surface area contributed by atoms with Gasteiger partial charge in [0.25, 0.3) is 0 Å². The molecule has 610 valence electrons. The first kappa shape index (κ1) is 100. The van der Waals surface area contributed by atoms with Crippen LogP contribution >= 0.6 is 0 Å². The van der Waals surface area contributed by atoms with Crippen LogP contribution < -0.4 is 0 Å². The third-order valence-corrected chi connectivity index (χ3v) is 22.0. The molecule has 1 aliphatic rings. The number of piperazine rings is 1. The zero-order valence-electron chi connectivity index (χ0n) is 71.8. The first-order chi connectivity index (χ1) is 52.2. The lowest BCUT2D eigenvalue weighted by Gasteiger charge is -2.37. The fourth-order valence-corrected chi connectivity index (χ4v) is 14.7. The molecule has 1 heterocycles. The largest absolute Gasteiger partial charge is 0.302 e. The Morgan fingerprint density at radius 2 is 0.314 bits per heavy atom. The number of rotatable bonds is 84. The van der Waals surface area contributed by atoms with Crippen LogP contribution in [0.4, 0.5) is 0 Å². The van der Waals surface area contributed by atoms with Crippen LogP contribution in [0.5, 0.6) is 0 Å². The number of nitrogens with zero attached hydrogens (tertiary/aromatic N) is 5. The van der Waals surface area contributed by atoms with Gasteiger partial charge in [0.15, 0.2) is 0 Å². The van der Waals surface area contributed by atoms with Gasteiger partial charge in [-0.05, 0) is 225 Å². The van der Waals surface area contributed by atoms with Crippen molar-refractivity contribution in [1.29, 1.82) is 0 Å². The Morgan fingerprint density at radius 1 is 0.162 bits per heavy atom. The molecule has 0 aromatic rings. The Morgan fingerprint density at radius 3 is 0.505 bits per heavy atom. The second kappa shape index (κ2) is 88.4. The van der Waals surface area contributed by atoms with Crippen LogP contribution in [0.15, 0.2) is 122 Å². The Kier molecular flexibility index (Phi) is 84.4. The summed E-state index contributed by atoms with van der Waals surface area (Å²) in [5.41, 5.74) is 0. The highest BCUT2D eigenvalue weighted by molar-refractivity contribution is 4.96. The Hall–Kier alpha value is -2.80. The van der Waals surface area contributed by atoms with E-state index in [0.29, 0.717) is 0 Å². The predicted octanol–water partition coefficient (Wildman–Crippen LogP) is 30.6. The van der Waals surface area contributed by atoms with Crippen LogP contribution in [0, 0.1) is 0 Å². The van der Waals surface area contributed by atoms with Gasteiger partial charge < -0.3 is 14.7 Å². The van der Waals surface area contributed by atoms with Crippen molar-refractivity contribution < 1.29 is 0 Å². The van der Waals surface area contributed by atoms with Crippen LogP contribution in [0.25, 0.3) is 0 Å². The monoisotopic (exact) mass is 1460 g/mol. The lowest BCUT2D eigenvalue weighted by Crippen LogP contribution is -2.50. The van der Waals surface area contributed by atoms with Gasteiger partial charge in [-0.1, -0.05) is 349 Å². The summed E-state index contributed by atoms with van der Waals surface area (Å²) in [5.74, 6) is 0. The highest BCUT2D eigenvalue weighted by Crippen LogP contribution is 2.17. The van der Waals surface area contributed by atoms with Crippen molar-refractivity contribution in [2.75, 3.05) is 98.2 Å². The van der Waals surface area contributed by atoms with Gasteiger partial charge in [-0.3, -0.25) is 9.80 Å². The molecule has 0 N–H and O–H groups in total. The van der Waals surface area contributed by atoms with Gasteiger partial charge in [0.05, 0.1) is 0 Å². The molecule has 0 unspecified atom stereocenters. The first-order valence-corrected chi connectivity index (χ1v) is 47.3. The van der Waals surface area contributed by atoms with Crippen LogP contribution in [0.3, 0.4) is 0 Å². The maximum atomic E-state index is 2.93. The van der Waals surface area contributed by atoms with E-state index in [2.05, 4.69) is 181 Å². The first-order valence-electron chi connectivity index (χ1n) is 47.3. The minimum absolute atomic E-state index is 1.11. The molecule has 0 bridgehead atoms. The molecular weight excluding hydrogens is 1270 g/mol. The molecule has 0 spiro atoms. The smallest absolute Gasteiger partial charge is 0.0110 e. The van der Waals surface area contributed by atoms with Crippen molar-refractivity contribution in [3.05, 3.63) is 122 Å². The molecule has 1 aliphatic heterocycles. The van der Waals surface area contributed by atoms with Crippen molar-refractivity contribution in [3.63, 3.8) is 0 Å². The zero-order chi connectivity index (χ0) is 75.1. The molecule has 0 aliphatic carbocycles. The summed E-state index contributed by atoms with van der Waals surface area (Å²) in [7, 11) is 0. The fourth-order valence-electron chi connectivity index (χ4n) is 14.7. The topological polar surface area (TPSA) is 16.2 Å². The molecule has 0 aromatic carbocycles. The van der Waals surface area contributed by atoms with Crippen molar-refractivity contribution in [2.45, 2.75) is 420 Å². The predicted molar refractivity (Wildman–Crippen MR) is 479 cm³/mol. The normalized spacial score (nSPS) is 14.0. The summed E-state index contributed by atoms with van der Waals surface area (Å²) in [4.78, 5) is 14.4. The van der Waals surface area contributed by atoms with Crippen molar-refractivity contribution in [2.24, 2.45) is 0 Å². The van der Waals surface area contributed by atoms with Gasteiger partial charge in [-0.2, -0.15) is 0 Å². The summed E-state index contributed by atoms with van der Waals surface area (Å²) in [6.45, 7) is 30.3. The lowest BCUT2D eigenvalue weighted by molar-refractivity contribution is 0.104. The molecule has 5 heteroatoms. The molecule has 0 atom stereocenters. The summed E-state index contributed by atoms with van der Waals surface area (Å²) in [5, 5.41) is 0. The van der Waals surface area contributed by atoms with E-state index in [4.69, 9.17) is 0 Å². The number of hydrogen-bond donors (Lipinski definition) is 0.